The van der Waals surface area contributed by atoms with E-state index >= 15 is 0 Å². The third kappa shape index (κ3) is 7.59. The van der Waals surface area contributed by atoms with Crippen molar-refractivity contribution in [2.45, 2.75) is 51.6 Å². The predicted octanol–water partition coefficient (Wildman–Crippen LogP) is 1.93. The summed E-state index contributed by atoms with van der Waals surface area (Å²) in [4.78, 5) is 9.63. The third-order valence-corrected chi connectivity index (χ3v) is 1.89. The molecule has 0 rings (SSSR count). The zero-order chi connectivity index (χ0) is 12.8. The highest BCUT2D eigenvalue weighted by atomic mass is 17.2. The zero-order valence-corrected chi connectivity index (χ0v) is 10.4. The number of aliphatic hydroxyl groups is 2. The lowest BCUT2D eigenvalue weighted by Crippen LogP contribution is -2.25. The molecule has 0 saturated carbocycles. The van der Waals surface area contributed by atoms with Crippen LogP contribution >= 0.6 is 0 Å². The number of hydrogen-bond donors (Lipinski definition) is 2. The molecule has 0 heterocycles. The summed E-state index contributed by atoms with van der Waals surface area (Å²) in [5.74, 6) is 0. The maximum absolute atomic E-state index is 9.66. The van der Waals surface area contributed by atoms with E-state index in [1.807, 2.05) is 0 Å². The van der Waals surface area contributed by atoms with Crippen LogP contribution in [0.4, 0.5) is 0 Å². The van der Waals surface area contributed by atoms with Gasteiger partial charge >= 0.3 is 0 Å². The van der Waals surface area contributed by atoms with Gasteiger partial charge in [0.25, 0.3) is 0 Å². The normalized spacial score (nSPS) is 18.4. The van der Waals surface area contributed by atoms with Crippen LogP contribution in [0.15, 0.2) is 24.8 Å². The van der Waals surface area contributed by atoms with Gasteiger partial charge in [0.1, 0.15) is 5.60 Å². The van der Waals surface area contributed by atoms with E-state index in [1.165, 1.54) is 13.0 Å². The molecule has 0 spiro atoms. The largest absolute Gasteiger partial charge is 0.386 e. The minimum Gasteiger partial charge on any atom is -0.386 e. The second-order valence-electron chi connectivity index (χ2n) is 4.55. The van der Waals surface area contributed by atoms with Crippen molar-refractivity contribution in [1.29, 1.82) is 0 Å². The summed E-state index contributed by atoms with van der Waals surface area (Å²) >= 11 is 0. The summed E-state index contributed by atoms with van der Waals surface area (Å²) in [5.41, 5.74) is -1.58. The highest BCUT2D eigenvalue weighted by Crippen LogP contribution is 2.16. The molecule has 0 fully saturated rings. The van der Waals surface area contributed by atoms with Crippen molar-refractivity contribution in [2.24, 2.45) is 0 Å². The van der Waals surface area contributed by atoms with Gasteiger partial charge in [-0.15, -0.1) is 6.58 Å². The summed E-state index contributed by atoms with van der Waals surface area (Å²) in [6.45, 7) is 10.2. The standard InChI is InChI=1S/C12H22O4/c1-6-12(5,14)9-7-8-11(3,4)16-15-10(2)13/h6-8,10,13-14H,1,9H2,2-5H3/b8-7+. The molecule has 0 amide bonds. The fourth-order valence-electron chi connectivity index (χ4n) is 0.886. The van der Waals surface area contributed by atoms with Crippen molar-refractivity contribution in [2.75, 3.05) is 0 Å². The van der Waals surface area contributed by atoms with Crippen LogP contribution in [0.3, 0.4) is 0 Å². The lowest BCUT2D eigenvalue weighted by molar-refractivity contribution is -0.398. The highest BCUT2D eigenvalue weighted by molar-refractivity contribution is 5.03. The molecule has 0 bridgehead atoms. The first-order chi connectivity index (χ1) is 7.18. The molecule has 94 valence electrons. The molecule has 0 aliphatic carbocycles. The van der Waals surface area contributed by atoms with Crippen molar-refractivity contribution in [3.63, 3.8) is 0 Å². The first-order valence-electron chi connectivity index (χ1n) is 5.25. The van der Waals surface area contributed by atoms with E-state index in [-0.39, 0.29) is 0 Å². The Morgan fingerprint density at radius 3 is 2.38 bits per heavy atom. The predicted molar refractivity (Wildman–Crippen MR) is 62.5 cm³/mol. The van der Waals surface area contributed by atoms with E-state index in [1.54, 1.807) is 32.9 Å². The molecule has 0 saturated heterocycles. The van der Waals surface area contributed by atoms with Crippen molar-refractivity contribution < 1.29 is 20.0 Å². The maximum atomic E-state index is 9.66. The number of aliphatic hydroxyl groups excluding tert-OH is 1. The fourth-order valence-corrected chi connectivity index (χ4v) is 0.886. The Balaban J connectivity index is 4.14. The van der Waals surface area contributed by atoms with E-state index in [9.17, 15) is 5.11 Å². The Hall–Kier alpha value is -0.680. The minimum absolute atomic E-state index is 0.442. The number of rotatable bonds is 7. The monoisotopic (exact) mass is 230 g/mol. The van der Waals surface area contributed by atoms with Crippen molar-refractivity contribution >= 4 is 0 Å². The van der Waals surface area contributed by atoms with Gasteiger partial charge in [-0.2, -0.15) is 0 Å². The van der Waals surface area contributed by atoms with E-state index in [0.29, 0.717) is 6.42 Å². The van der Waals surface area contributed by atoms with Crippen LogP contribution in [0.25, 0.3) is 0 Å². The van der Waals surface area contributed by atoms with Gasteiger partial charge in [-0.1, -0.05) is 18.2 Å². The van der Waals surface area contributed by atoms with E-state index in [2.05, 4.69) is 11.5 Å². The SMILES string of the molecule is C=CC(C)(O)C/C=C/C(C)(C)OOC(C)O. The molecule has 4 nitrogen and oxygen atoms in total. The van der Waals surface area contributed by atoms with Crippen LogP contribution in [-0.2, 0) is 9.78 Å². The first-order valence-corrected chi connectivity index (χ1v) is 5.25. The van der Waals surface area contributed by atoms with Crippen LogP contribution < -0.4 is 0 Å². The summed E-state index contributed by atoms with van der Waals surface area (Å²) in [7, 11) is 0. The Bertz CT molecular complexity index is 241. The van der Waals surface area contributed by atoms with Gasteiger partial charge in [0.2, 0.25) is 0 Å². The Labute approximate surface area is 97.1 Å². The van der Waals surface area contributed by atoms with Gasteiger partial charge in [0.05, 0.1) is 5.60 Å². The second-order valence-corrected chi connectivity index (χ2v) is 4.55. The average Bonchev–Trinajstić information content (AvgIpc) is 2.14. The molecule has 2 unspecified atom stereocenters. The lowest BCUT2D eigenvalue weighted by Gasteiger charge is -2.21. The van der Waals surface area contributed by atoms with Crippen molar-refractivity contribution in [1.82, 2.24) is 0 Å². The molecular weight excluding hydrogens is 208 g/mol. The topological polar surface area (TPSA) is 58.9 Å². The fraction of sp³-hybridized carbons (Fsp3) is 0.667. The Morgan fingerprint density at radius 2 is 1.94 bits per heavy atom. The van der Waals surface area contributed by atoms with Crippen LogP contribution in [0, 0.1) is 0 Å². The van der Waals surface area contributed by atoms with Crippen molar-refractivity contribution in [3.8, 4) is 0 Å². The third-order valence-electron chi connectivity index (χ3n) is 1.89. The van der Waals surface area contributed by atoms with Crippen LogP contribution in [-0.4, -0.2) is 27.7 Å². The zero-order valence-electron chi connectivity index (χ0n) is 10.4. The number of hydrogen-bond acceptors (Lipinski definition) is 4. The van der Waals surface area contributed by atoms with E-state index in [4.69, 9.17) is 9.99 Å². The molecule has 0 radical (unpaired) electrons. The van der Waals surface area contributed by atoms with Crippen LogP contribution in [0.1, 0.15) is 34.1 Å². The summed E-state index contributed by atoms with van der Waals surface area (Å²) in [6, 6.07) is 0. The molecule has 16 heavy (non-hydrogen) atoms. The van der Waals surface area contributed by atoms with Gasteiger partial charge in [0, 0.05) is 0 Å². The molecule has 0 aromatic carbocycles. The van der Waals surface area contributed by atoms with Crippen LogP contribution in [0.2, 0.25) is 0 Å². The van der Waals surface area contributed by atoms with Gasteiger partial charge in [-0.25, -0.2) is 9.78 Å². The Morgan fingerprint density at radius 1 is 1.38 bits per heavy atom. The van der Waals surface area contributed by atoms with Crippen LogP contribution in [0.5, 0.6) is 0 Å². The van der Waals surface area contributed by atoms with Gasteiger partial charge in [0.15, 0.2) is 6.29 Å². The molecule has 0 aliphatic heterocycles. The molecule has 2 atom stereocenters. The average molecular weight is 230 g/mol. The summed E-state index contributed by atoms with van der Waals surface area (Å²) in [6.07, 6.45) is 4.50. The molecule has 4 heteroatoms. The second kappa shape index (κ2) is 6.15. The molecule has 0 aromatic rings. The van der Waals surface area contributed by atoms with Gasteiger partial charge < -0.3 is 10.2 Å². The molecular formula is C12H22O4. The lowest BCUT2D eigenvalue weighted by atomic mass is 10.0. The first kappa shape index (κ1) is 15.3. The molecule has 0 aromatic heterocycles. The minimum atomic E-state index is -0.969. The smallest absolute Gasteiger partial charge is 0.185 e. The quantitative estimate of drug-likeness (QED) is 0.304. The van der Waals surface area contributed by atoms with E-state index in [0.717, 1.165) is 0 Å². The van der Waals surface area contributed by atoms with Gasteiger partial charge in [-0.3, -0.25) is 0 Å². The molecule has 0 aliphatic rings. The van der Waals surface area contributed by atoms with E-state index < -0.39 is 17.5 Å². The van der Waals surface area contributed by atoms with Crippen molar-refractivity contribution in [3.05, 3.63) is 24.8 Å². The maximum Gasteiger partial charge on any atom is 0.185 e. The highest BCUT2D eigenvalue weighted by Gasteiger charge is 2.18. The molecule has 2 N–H and O–H groups in total. The summed E-state index contributed by atoms with van der Waals surface area (Å²) in [5, 5.41) is 18.5. The summed E-state index contributed by atoms with van der Waals surface area (Å²) < 4.78 is 0. The Kier molecular flexibility index (Phi) is 5.89. The van der Waals surface area contributed by atoms with Gasteiger partial charge in [-0.05, 0) is 34.1 Å².